The number of aliphatic carboxylic acids is 1. The summed E-state index contributed by atoms with van der Waals surface area (Å²) in [6.07, 6.45) is 4.52. The second-order valence-corrected chi connectivity index (χ2v) is 8.27. The molecule has 0 heterocycles. The third kappa shape index (κ3) is 3.42. The SMILES string of the molecule is CCOC1CC(NC(=O)c2ccccc2SC(C)C(=O)O)C12CCC2. The van der Waals surface area contributed by atoms with E-state index >= 15 is 0 Å². The molecule has 6 heteroatoms. The van der Waals surface area contributed by atoms with Crippen molar-refractivity contribution in [2.75, 3.05) is 6.61 Å². The van der Waals surface area contributed by atoms with Gasteiger partial charge in [0, 0.05) is 23.0 Å². The summed E-state index contributed by atoms with van der Waals surface area (Å²) >= 11 is 1.20. The molecule has 0 aromatic heterocycles. The van der Waals surface area contributed by atoms with Crippen LogP contribution in [0.15, 0.2) is 29.2 Å². The summed E-state index contributed by atoms with van der Waals surface area (Å²) in [4.78, 5) is 24.6. The lowest BCUT2D eigenvalue weighted by atomic mass is 9.51. The molecular formula is C19H25NO4S. The van der Waals surface area contributed by atoms with E-state index in [9.17, 15) is 9.59 Å². The fourth-order valence-electron chi connectivity index (χ4n) is 3.87. The van der Waals surface area contributed by atoms with Gasteiger partial charge in [0.25, 0.3) is 5.91 Å². The Labute approximate surface area is 152 Å². The molecule has 0 radical (unpaired) electrons. The molecule has 25 heavy (non-hydrogen) atoms. The molecule has 3 atom stereocenters. The van der Waals surface area contributed by atoms with Crippen LogP contribution in [-0.4, -0.2) is 41.0 Å². The Bertz CT molecular complexity index is 659. The van der Waals surface area contributed by atoms with Gasteiger partial charge in [0.05, 0.1) is 11.7 Å². The maximum absolute atomic E-state index is 12.8. The highest BCUT2D eigenvalue weighted by Crippen LogP contribution is 2.57. The highest BCUT2D eigenvalue weighted by molar-refractivity contribution is 8.00. The van der Waals surface area contributed by atoms with Crippen molar-refractivity contribution >= 4 is 23.6 Å². The molecule has 1 aromatic carbocycles. The molecule has 2 fully saturated rings. The molecule has 0 aliphatic heterocycles. The zero-order valence-corrected chi connectivity index (χ0v) is 15.5. The fourth-order valence-corrected chi connectivity index (χ4v) is 4.80. The van der Waals surface area contributed by atoms with Crippen molar-refractivity contribution in [1.82, 2.24) is 5.32 Å². The minimum Gasteiger partial charge on any atom is -0.480 e. The van der Waals surface area contributed by atoms with E-state index in [1.54, 1.807) is 13.0 Å². The lowest BCUT2D eigenvalue weighted by Gasteiger charge is -2.61. The summed E-state index contributed by atoms with van der Waals surface area (Å²) in [6, 6.07) is 7.36. The standard InChI is InChI=1S/C19H25NO4S/c1-3-24-16-11-15(19(16)9-6-10-19)20-17(21)13-7-4-5-8-14(13)25-12(2)18(22)23/h4-5,7-8,12,15-16H,3,6,9-11H2,1-2H3,(H,20,21)(H,22,23). The van der Waals surface area contributed by atoms with E-state index in [1.165, 1.54) is 18.2 Å². The van der Waals surface area contributed by atoms with E-state index < -0.39 is 11.2 Å². The van der Waals surface area contributed by atoms with Crippen LogP contribution >= 0.6 is 11.8 Å². The Hall–Kier alpha value is -1.53. The van der Waals surface area contributed by atoms with Gasteiger partial charge in [0.2, 0.25) is 0 Å². The van der Waals surface area contributed by atoms with E-state index in [-0.39, 0.29) is 23.5 Å². The highest BCUT2D eigenvalue weighted by atomic mass is 32.2. The second kappa shape index (κ2) is 7.38. The van der Waals surface area contributed by atoms with Gasteiger partial charge in [0.1, 0.15) is 5.25 Å². The van der Waals surface area contributed by atoms with Crippen LogP contribution in [-0.2, 0) is 9.53 Å². The van der Waals surface area contributed by atoms with Crippen LogP contribution in [0, 0.1) is 5.41 Å². The van der Waals surface area contributed by atoms with Crippen LogP contribution in [0.25, 0.3) is 0 Å². The smallest absolute Gasteiger partial charge is 0.316 e. The number of carbonyl (C=O) groups excluding carboxylic acids is 1. The van der Waals surface area contributed by atoms with Gasteiger partial charge >= 0.3 is 5.97 Å². The molecule has 2 aliphatic rings. The van der Waals surface area contributed by atoms with Crippen LogP contribution < -0.4 is 5.32 Å². The second-order valence-electron chi connectivity index (χ2n) is 6.89. The molecule has 5 nitrogen and oxygen atoms in total. The van der Waals surface area contributed by atoms with E-state index in [1.807, 2.05) is 25.1 Å². The van der Waals surface area contributed by atoms with Gasteiger partial charge in [-0.2, -0.15) is 0 Å². The van der Waals surface area contributed by atoms with E-state index in [4.69, 9.17) is 9.84 Å². The fraction of sp³-hybridized carbons (Fsp3) is 0.579. The third-order valence-corrected chi connectivity index (χ3v) is 6.69. The maximum atomic E-state index is 12.8. The van der Waals surface area contributed by atoms with Crippen LogP contribution in [0.3, 0.4) is 0 Å². The monoisotopic (exact) mass is 363 g/mol. The maximum Gasteiger partial charge on any atom is 0.316 e. The quantitative estimate of drug-likeness (QED) is 0.727. The Kier molecular flexibility index (Phi) is 5.39. The molecule has 3 unspecified atom stereocenters. The third-order valence-electron chi connectivity index (χ3n) is 5.53. The molecule has 1 aromatic rings. The van der Waals surface area contributed by atoms with Crippen LogP contribution in [0.4, 0.5) is 0 Å². The number of carbonyl (C=O) groups is 2. The van der Waals surface area contributed by atoms with Crippen LogP contribution in [0.2, 0.25) is 0 Å². The number of ether oxygens (including phenoxy) is 1. The van der Waals surface area contributed by atoms with Gasteiger partial charge in [-0.25, -0.2) is 0 Å². The predicted octanol–water partition coefficient (Wildman–Crippen LogP) is 3.33. The number of amides is 1. The molecule has 0 saturated heterocycles. The Morgan fingerprint density at radius 3 is 2.72 bits per heavy atom. The molecule has 1 amide bonds. The number of hydrogen-bond acceptors (Lipinski definition) is 4. The van der Waals surface area contributed by atoms with Gasteiger partial charge in [-0.05, 0) is 45.2 Å². The first-order chi connectivity index (χ1) is 12.0. The van der Waals surface area contributed by atoms with Crippen molar-refractivity contribution in [3.05, 3.63) is 29.8 Å². The summed E-state index contributed by atoms with van der Waals surface area (Å²) in [6.45, 7) is 4.35. The summed E-state index contributed by atoms with van der Waals surface area (Å²) in [7, 11) is 0. The van der Waals surface area contributed by atoms with Crippen molar-refractivity contribution in [2.45, 2.75) is 61.8 Å². The number of rotatable bonds is 7. The Morgan fingerprint density at radius 1 is 1.40 bits per heavy atom. The van der Waals surface area contributed by atoms with Crippen molar-refractivity contribution in [3.8, 4) is 0 Å². The number of benzene rings is 1. The Balaban J connectivity index is 1.69. The van der Waals surface area contributed by atoms with Crippen molar-refractivity contribution in [1.29, 1.82) is 0 Å². The van der Waals surface area contributed by atoms with E-state index in [2.05, 4.69) is 5.32 Å². The molecule has 2 saturated carbocycles. The molecule has 136 valence electrons. The minimum absolute atomic E-state index is 0.113. The number of carboxylic acid groups (broad SMARTS) is 1. The molecule has 1 spiro atoms. The van der Waals surface area contributed by atoms with Crippen molar-refractivity contribution in [2.24, 2.45) is 5.41 Å². The number of carboxylic acids is 1. The van der Waals surface area contributed by atoms with Gasteiger partial charge in [-0.15, -0.1) is 11.8 Å². The topological polar surface area (TPSA) is 75.6 Å². The summed E-state index contributed by atoms with van der Waals surface area (Å²) in [5.74, 6) is -1.00. The average Bonchev–Trinajstić information content (AvgIpc) is 2.52. The summed E-state index contributed by atoms with van der Waals surface area (Å²) in [5, 5.41) is 11.7. The first-order valence-corrected chi connectivity index (χ1v) is 9.77. The lowest BCUT2D eigenvalue weighted by Crippen LogP contribution is -2.67. The summed E-state index contributed by atoms with van der Waals surface area (Å²) < 4.78 is 5.84. The Morgan fingerprint density at radius 2 is 2.12 bits per heavy atom. The first-order valence-electron chi connectivity index (χ1n) is 8.89. The highest BCUT2D eigenvalue weighted by Gasteiger charge is 2.59. The predicted molar refractivity (Wildman–Crippen MR) is 97.0 cm³/mol. The van der Waals surface area contributed by atoms with Crippen molar-refractivity contribution in [3.63, 3.8) is 0 Å². The average molecular weight is 363 g/mol. The molecule has 3 rings (SSSR count). The minimum atomic E-state index is -0.882. The van der Waals surface area contributed by atoms with Gasteiger partial charge < -0.3 is 15.2 Å². The first kappa shape index (κ1) is 18.3. The molecule has 2 N–H and O–H groups in total. The molecule has 2 aliphatic carbocycles. The van der Waals surface area contributed by atoms with Gasteiger partial charge in [-0.3, -0.25) is 9.59 Å². The zero-order valence-electron chi connectivity index (χ0n) is 14.7. The van der Waals surface area contributed by atoms with E-state index in [0.29, 0.717) is 17.1 Å². The normalized spacial score (nSPS) is 24.9. The lowest BCUT2D eigenvalue weighted by molar-refractivity contribution is -0.169. The molecular weight excluding hydrogens is 338 g/mol. The van der Waals surface area contributed by atoms with E-state index in [0.717, 1.165) is 19.3 Å². The van der Waals surface area contributed by atoms with Gasteiger partial charge in [0.15, 0.2) is 0 Å². The zero-order chi connectivity index (χ0) is 18.0. The molecule has 0 bridgehead atoms. The van der Waals surface area contributed by atoms with Crippen molar-refractivity contribution < 1.29 is 19.4 Å². The number of thioether (sulfide) groups is 1. The number of hydrogen-bond donors (Lipinski definition) is 2. The van der Waals surface area contributed by atoms with Crippen LogP contribution in [0.1, 0.15) is 49.9 Å². The largest absolute Gasteiger partial charge is 0.480 e. The summed E-state index contributed by atoms with van der Waals surface area (Å²) in [5.41, 5.74) is 0.664. The van der Waals surface area contributed by atoms with Crippen LogP contribution in [0.5, 0.6) is 0 Å². The van der Waals surface area contributed by atoms with Gasteiger partial charge in [-0.1, -0.05) is 18.6 Å². The number of nitrogens with one attached hydrogen (secondary N) is 1.